The molecule has 2 rings (SSSR count). The summed E-state index contributed by atoms with van der Waals surface area (Å²) >= 11 is 0. The molecule has 0 amide bonds. The van der Waals surface area contributed by atoms with Crippen LogP contribution in [0.4, 0.5) is 17.8 Å². The Hall–Kier alpha value is -1.67. The third kappa shape index (κ3) is 4.17. The molecular formula is C12H23N7O. The zero-order valence-electron chi connectivity index (χ0n) is 11.9. The van der Waals surface area contributed by atoms with Gasteiger partial charge in [0.15, 0.2) is 0 Å². The van der Waals surface area contributed by atoms with Crippen LogP contribution in [-0.2, 0) is 4.74 Å². The van der Waals surface area contributed by atoms with Crippen molar-refractivity contribution in [3.05, 3.63) is 0 Å². The van der Waals surface area contributed by atoms with Gasteiger partial charge in [-0.1, -0.05) is 0 Å². The summed E-state index contributed by atoms with van der Waals surface area (Å²) in [5, 5.41) is 3.17. The van der Waals surface area contributed by atoms with Crippen LogP contribution in [0.15, 0.2) is 0 Å². The molecule has 1 saturated heterocycles. The first kappa shape index (κ1) is 14.7. The number of hydrogen-bond acceptors (Lipinski definition) is 8. The van der Waals surface area contributed by atoms with Crippen LogP contribution < -0.4 is 21.5 Å². The Balaban J connectivity index is 2.03. The Bertz CT molecular complexity index is 409. The lowest BCUT2D eigenvalue weighted by Crippen LogP contribution is -2.31. The number of anilines is 3. The minimum atomic E-state index is 0.384. The largest absolute Gasteiger partial charge is 0.385 e. The van der Waals surface area contributed by atoms with Crippen LogP contribution in [0.2, 0.25) is 0 Å². The van der Waals surface area contributed by atoms with E-state index < -0.39 is 0 Å². The van der Waals surface area contributed by atoms with E-state index in [-0.39, 0.29) is 0 Å². The van der Waals surface area contributed by atoms with E-state index in [4.69, 9.17) is 10.6 Å². The maximum Gasteiger partial charge on any atom is 0.243 e. The number of methoxy groups -OCH3 is 1. The van der Waals surface area contributed by atoms with E-state index in [0.29, 0.717) is 24.5 Å². The molecule has 1 fully saturated rings. The summed E-state index contributed by atoms with van der Waals surface area (Å²) in [6.45, 7) is 3.43. The quantitative estimate of drug-likeness (QED) is 0.379. The van der Waals surface area contributed by atoms with Crippen molar-refractivity contribution in [1.29, 1.82) is 0 Å². The van der Waals surface area contributed by atoms with Gasteiger partial charge in [-0.15, -0.1) is 0 Å². The number of rotatable bonds is 7. The Labute approximate surface area is 119 Å². The van der Waals surface area contributed by atoms with Crippen LogP contribution in [0.3, 0.4) is 0 Å². The molecule has 1 aliphatic heterocycles. The summed E-state index contributed by atoms with van der Waals surface area (Å²) < 4.78 is 5.01. The molecule has 112 valence electrons. The van der Waals surface area contributed by atoms with Crippen LogP contribution in [0, 0.1) is 0 Å². The second-order valence-electron chi connectivity index (χ2n) is 4.75. The van der Waals surface area contributed by atoms with E-state index in [1.165, 1.54) is 19.3 Å². The van der Waals surface area contributed by atoms with Gasteiger partial charge < -0.3 is 15.0 Å². The standard InChI is InChI=1S/C12H23N7O/c1-20-9-5-6-14-10-15-11(18-13)17-12(16-10)19-7-3-2-4-8-19/h2-9,13H2,1H3,(H2,14,15,16,17,18). The molecule has 0 aromatic carbocycles. The number of piperidine rings is 1. The smallest absolute Gasteiger partial charge is 0.243 e. The van der Waals surface area contributed by atoms with Gasteiger partial charge in [0.05, 0.1) is 0 Å². The van der Waals surface area contributed by atoms with Gasteiger partial charge in [0.2, 0.25) is 17.8 Å². The molecule has 1 aromatic rings. The van der Waals surface area contributed by atoms with E-state index in [2.05, 4.69) is 30.6 Å². The molecule has 1 aliphatic rings. The molecule has 0 aliphatic carbocycles. The third-order valence-electron chi connectivity index (χ3n) is 3.20. The molecule has 0 unspecified atom stereocenters. The second-order valence-corrected chi connectivity index (χ2v) is 4.75. The van der Waals surface area contributed by atoms with Crippen molar-refractivity contribution in [2.45, 2.75) is 25.7 Å². The van der Waals surface area contributed by atoms with Gasteiger partial charge in [-0.05, 0) is 25.7 Å². The van der Waals surface area contributed by atoms with Crippen molar-refractivity contribution in [1.82, 2.24) is 15.0 Å². The fourth-order valence-electron chi connectivity index (χ4n) is 2.16. The van der Waals surface area contributed by atoms with Gasteiger partial charge >= 0.3 is 0 Å². The average Bonchev–Trinajstić information content (AvgIpc) is 2.52. The minimum Gasteiger partial charge on any atom is -0.385 e. The van der Waals surface area contributed by atoms with E-state index >= 15 is 0 Å². The lowest BCUT2D eigenvalue weighted by Gasteiger charge is -2.26. The molecule has 0 spiro atoms. The normalized spacial score (nSPS) is 15.2. The van der Waals surface area contributed by atoms with Crippen LogP contribution in [0.25, 0.3) is 0 Å². The molecule has 8 nitrogen and oxygen atoms in total. The average molecular weight is 281 g/mol. The number of nitrogens with two attached hydrogens (primary N) is 1. The molecule has 20 heavy (non-hydrogen) atoms. The highest BCUT2D eigenvalue weighted by atomic mass is 16.5. The summed E-state index contributed by atoms with van der Waals surface area (Å²) in [5.74, 6) is 7.04. The fourth-order valence-corrected chi connectivity index (χ4v) is 2.16. The third-order valence-corrected chi connectivity index (χ3v) is 3.20. The van der Waals surface area contributed by atoms with Crippen molar-refractivity contribution in [2.75, 3.05) is 49.0 Å². The highest BCUT2D eigenvalue weighted by Crippen LogP contribution is 2.18. The van der Waals surface area contributed by atoms with Crippen molar-refractivity contribution in [3.63, 3.8) is 0 Å². The monoisotopic (exact) mass is 281 g/mol. The first-order valence-electron chi connectivity index (χ1n) is 7.04. The fraction of sp³-hybridized carbons (Fsp3) is 0.750. The number of aromatic nitrogens is 3. The SMILES string of the molecule is COCCCNc1nc(NN)nc(N2CCCCC2)n1. The highest BCUT2D eigenvalue weighted by molar-refractivity contribution is 5.43. The predicted molar refractivity (Wildman–Crippen MR) is 78.7 cm³/mol. The Morgan fingerprint density at radius 2 is 1.90 bits per heavy atom. The van der Waals surface area contributed by atoms with Crippen LogP contribution >= 0.6 is 0 Å². The Kier molecular flexibility index (Phi) is 5.75. The number of nitrogens with zero attached hydrogens (tertiary/aromatic N) is 4. The van der Waals surface area contributed by atoms with Gasteiger partial charge in [0.25, 0.3) is 0 Å². The van der Waals surface area contributed by atoms with Gasteiger partial charge in [-0.25, -0.2) is 5.84 Å². The molecule has 0 saturated carbocycles. The molecule has 1 aromatic heterocycles. The number of nitrogens with one attached hydrogen (secondary N) is 2. The summed E-state index contributed by atoms with van der Waals surface area (Å²) in [4.78, 5) is 15.2. The zero-order chi connectivity index (χ0) is 14.2. The lowest BCUT2D eigenvalue weighted by molar-refractivity contribution is 0.197. The molecule has 4 N–H and O–H groups in total. The maximum atomic E-state index is 5.42. The number of hydrogen-bond donors (Lipinski definition) is 3. The number of nitrogen functional groups attached to an aromatic ring is 1. The Morgan fingerprint density at radius 3 is 2.60 bits per heavy atom. The topological polar surface area (TPSA) is 101 Å². The van der Waals surface area contributed by atoms with Crippen LogP contribution in [-0.4, -0.2) is 48.3 Å². The van der Waals surface area contributed by atoms with Gasteiger partial charge in [-0.3, -0.25) is 5.43 Å². The summed E-state index contributed by atoms with van der Waals surface area (Å²) in [7, 11) is 1.69. The van der Waals surface area contributed by atoms with Crippen molar-refractivity contribution >= 4 is 17.8 Å². The molecule has 8 heteroatoms. The molecular weight excluding hydrogens is 258 g/mol. The van der Waals surface area contributed by atoms with E-state index in [1.807, 2.05) is 0 Å². The molecule has 2 heterocycles. The van der Waals surface area contributed by atoms with Crippen LogP contribution in [0.1, 0.15) is 25.7 Å². The predicted octanol–water partition coefficient (Wildman–Crippen LogP) is 0.596. The number of hydrazine groups is 1. The van der Waals surface area contributed by atoms with E-state index in [9.17, 15) is 0 Å². The Morgan fingerprint density at radius 1 is 1.15 bits per heavy atom. The van der Waals surface area contributed by atoms with Crippen molar-refractivity contribution in [2.24, 2.45) is 5.84 Å². The van der Waals surface area contributed by atoms with Gasteiger partial charge in [0.1, 0.15) is 0 Å². The number of ether oxygens (including phenoxy) is 1. The molecule has 0 radical (unpaired) electrons. The van der Waals surface area contributed by atoms with E-state index in [1.54, 1.807) is 7.11 Å². The maximum absolute atomic E-state index is 5.42. The summed E-state index contributed by atoms with van der Waals surface area (Å²) in [6.07, 6.45) is 4.51. The van der Waals surface area contributed by atoms with Crippen molar-refractivity contribution in [3.8, 4) is 0 Å². The zero-order valence-corrected chi connectivity index (χ0v) is 11.9. The van der Waals surface area contributed by atoms with E-state index in [0.717, 1.165) is 26.1 Å². The van der Waals surface area contributed by atoms with Crippen LogP contribution in [0.5, 0.6) is 0 Å². The molecule has 0 bridgehead atoms. The summed E-state index contributed by atoms with van der Waals surface area (Å²) in [5.41, 5.74) is 2.49. The van der Waals surface area contributed by atoms with Gasteiger partial charge in [-0.2, -0.15) is 15.0 Å². The minimum absolute atomic E-state index is 0.384. The van der Waals surface area contributed by atoms with Gasteiger partial charge in [0, 0.05) is 33.4 Å². The summed E-state index contributed by atoms with van der Waals surface area (Å²) in [6, 6.07) is 0. The van der Waals surface area contributed by atoms with Crippen molar-refractivity contribution < 1.29 is 4.74 Å². The first-order valence-corrected chi connectivity index (χ1v) is 7.04. The molecule has 0 atom stereocenters. The second kappa shape index (κ2) is 7.81. The first-order chi connectivity index (χ1) is 9.83. The highest BCUT2D eigenvalue weighted by Gasteiger charge is 2.15. The lowest BCUT2D eigenvalue weighted by atomic mass is 10.1.